The Bertz CT molecular complexity index is 912. The van der Waals surface area contributed by atoms with Crippen molar-refractivity contribution in [1.29, 1.82) is 0 Å². The van der Waals surface area contributed by atoms with Crippen LogP contribution in [0.3, 0.4) is 0 Å². The largest absolute Gasteiger partial charge is 0.487 e. The Labute approximate surface area is 176 Å². The number of rotatable bonds is 5. The van der Waals surface area contributed by atoms with E-state index in [-0.39, 0.29) is 6.10 Å². The molecule has 0 heterocycles. The third-order valence-corrected chi connectivity index (χ3v) is 8.25. The van der Waals surface area contributed by atoms with Gasteiger partial charge in [0.2, 0.25) is 0 Å². The van der Waals surface area contributed by atoms with Gasteiger partial charge in [0.25, 0.3) is 0 Å². The molecular weight excluding hydrogens is 396 g/mol. The molecular formula is C23H22N2O4Si. The summed E-state index contributed by atoms with van der Waals surface area (Å²) < 4.78 is 11.0. The Balaban J connectivity index is 2.09. The van der Waals surface area contributed by atoms with Gasteiger partial charge in [0.15, 0.2) is 0 Å². The molecule has 0 aliphatic carbocycles. The number of carbonyl (C=O) groups excluding carboxylic acids is 2. The van der Waals surface area contributed by atoms with Gasteiger partial charge < -0.3 is 9.16 Å². The summed E-state index contributed by atoms with van der Waals surface area (Å²) in [4.78, 5) is 24.4. The fraction of sp³-hybridized carbons (Fsp3) is 0.130. The van der Waals surface area contributed by atoms with Crippen molar-refractivity contribution in [2.75, 3.05) is 0 Å². The van der Waals surface area contributed by atoms with E-state index in [4.69, 9.17) is 9.16 Å². The highest BCUT2D eigenvalue weighted by molar-refractivity contribution is 7.07. The second-order valence-electron chi connectivity index (χ2n) is 6.78. The molecule has 6 nitrogen and oxygen atoms in total. The minimum Gasteiger partial charge on any atom is -0.487 e. The van der Waals surface area contributed by atoms with Crippen molar-refractivity contribution >= 4 is 36.1 Å². The summed E-state index contributed by atoms with van der Waals surface area (Å²) in [5, 5.41) is 9.42. The van der Waals surface area contributed by atoms with E-state index in [0.717, 1.165) is 15.6 Å². The minimum atomic E-state index is -3.25. The molecule has 152 valence electrons. The van der Waals surface area contributed by atoms with Gasteiger partial charge in [-0.3, -0.25) is 0 Å². The Hall–Kier alpha value is -3.58. The van der Waals surface area contributed by atoms with Gasteiger partial charge in [-0.25, -0.2) is 9.59 Å². The fourth-order valence-electron chi connectivity index (χ4n) is 3.15. The number of carbonyl (C=O) groups is 2. The molecule has 0 unspecified atom stereocenters. The molecule has 0 N–H and O–H groups in total. The Morgan fingerprint density at radius 1 is 0.667 bits per heavy atom. The third kappa shape index (κ3) is 4.87. The highest BCUT2D eigenvalue weighted by Gasteiger charge is 2.45. The van der Waals surface area contributed by atoms with Crippen LogP contribution in [0.5, 0.6) is 0 Å². The normalized spacial score (nSPS) is 11.4. The lowest BCUT2D eigenvalue weighted by Gasteiger charge is -2.31. The maximum absolute atomic E-state index is 12.7. The minimum absolute atomic E-state index is 0.362. The number of hydrogen-bond donors (Lipinski definition) is 0. The van der Waals surface area contributed by atoms with E-state index in [1.807, 2.05) is 91.0 Å². The first kappa shape index (κ1) is 21.1. The average molecular weight is 419 g/mol. The number of ether oxygens (including phenoxy) is 1. The Kier molecular flexibility index (Phi) is 6.87. The summed E-state index contributed by atoms with van der Waals surface area (Å²) in [7, 11) is -3.25. The van der Waals surface area contributed by atoms with Gasteiger partial charge in [-0.1, -0.05) is 101 Å². The molecule has 0 saturated carbocycles. The molecule has 0 spiro atoms. The molecule has 3 aromatic rings. The van der Waals surface area contributed by atoms with Crippen LogP contribution in [-0.4, -0.2) is 26.6 Å². The van der Waals surface area contributed by atoms with E-state index < -0.39 is 20.5 Å². The van der Waals surface area contributed by atoms with Gasteiger partial charge in [0.05, 0.1) is 6.10 Å². The Morgan fingerprint density at radius 2 is 1.03 bits per heavy atom. The molecule has 0 fully saturated rings. The average Bonchev–Trinajstić information content (AvgIpc) is 2.77. The highest BCUT2D eigenvalue weighted by Crippen LogP contribution is 2.11. The van der Waals surface area contributed by atoms with Crippen molar-refractivity contribution in [2.45, 2.75) is 20.0 Å². The van der Waals surface area contributed by atoms with Gasteiger partial charge in [0.1, 0.15) is 0 Å². The molecule has 0 aliphatic rings. The van der Waals surface area contributed by atoms with Gasteiger partial charge in [-0.15, -0.1) is 0 Å². The van der Waals surface area contributed by atoms with Gasteiger partial charge in [0, 0.05) is 0 Å². The predicted molar refractivity (Wildman–Crippen MR) is 117 cm³/mol. The lowest BCUT2D eigenvalue weighted by Crippen LogP contribution is -2.69. The van der Waals surface area contributed by atoms with Crippen LogP contribution in [0.15, 0.2) is 101 Å². The quantitative estimate of drug-likeness (QED) is 0.359. The monoisotopic (exact) mass is 418 g/mol. The smallest absolute Gasteiger partial charge is 0.452 e. The lowest BCUT2D eigenvalue weighted by atomic mass is 10.3. The van der Waals surface area contributed by atoms with E-state index >= 15 is 0 Å². The Morgan fingerprint density at radius 3 is 1.40 bits per heavy atom. The topological polar surface area (TPSA) is 77.3 Å². The van der Waals surface area contributed by atoms with Gasteiger partial charge >= 0.3 is 20.5 Å². The summed E-state index contributed by atoms with van der Waals surface area (Å²) in [6, 6.07) is 28.7. The van der Waals surface area contributed by atoms with Crippen molar-refractivity contribution in [1.82, 2.24) is 0 Å². The van der Waals surface area contributed by atoms with Crippen molar-refractivity contribution in [3.05, 3.63) is 91.0 Å². The van der Waals surface area contributed by atoms with Crippen molar-refractivity contribution in [3.63, 3.8) is 0 Å². The SMILES string of the molecule is CC(C)OC(=O)N=NC(=O)O[Si](c1ccccc1)(c1ccccc1)c1ccccc1. The lowest BCUT2D eigenvalue weighted by molar-refractivity contribution is 0.123. The zero-order chi connectivity index (χ0) is 21.4. The van der Waals surface area contributed by atoms with Crippen LogP contribution in [0.2, 0.25) is 0 Å². The highest BCUT2D eigenvalue weighted by atomic mass is 28.4. The summed E-state index contributed by atoms with van der Waals surface area (Å²) in [6.45, 7) is 3.37. The van der Waals surface area contributed by atoms with E-state index in [0.29, 0.717) is 0 Å². The standard InChI is InChI=1S/C23H22N2O4Si/c1-18(2)28-22(26)24-25-23(27)29-30(19-12-6-3-7-13-19,20-14-8-4-9-15-20)21-16-10-5-11-17-21/h3-18H,1-2H3. The second kappa shape index (κ2) is 9.75. The molecule has 3 aromatic carbocycles. The van der Waals surface area contributed by atoms with E-state index in [1.54, 1.807) is 13.8 Å². The first-order chi connectivity index (χ1) is 14.5. The number of hydrogen-bond acceptors (Lipinski definition) is 4. The van der Waals surface area contributed by atoms with E-state index in [1.165, 1.54) is 0 Å². The molecule has 0 saturated heterocycles. The van der Waals surface area contributed by atoms with Crippen molar-refractivity contribution < 1.29 is 18.8 Å². The van der Waals surface area contributed by atoms with Crippen LogP contribution >= 0.6 is 0 Å². The van der Waals surface area contributed by atoms with Gasteiger partial charge in [-0.05, 0) is 29.4 Å². The number of nitrogens with zero attached hydrogens (tertiary/aromatic N) is 2. The fourth-order valence-corrected chi connectivity index (χ4v) is 6.80. The molecule has 0 aromatic heterocycles. The number of benzene rings is 3. The third-order valence-electron chi connectivity index (χ3n) is 4.33. The number of amides is 2. The van der Waals surface area contributed by atoms with Gasteiger partial charge in [-0.2, -0.15) is 0 Å². The summed E-state index contributed by atoms with van der Waals surface area (Å²) in [5.74, 6) is 0. The first-order valence-electron chi connectivity index (χ1n) is 9.54. The number of azo groups is 1. The zero-order valence-electron chi connectivity index (χ0n) is 16.8. The van der Waals surface area contributed by atoms with Crippen LogP contribution in [0.4, 0.5) is 9.59 Å². The molecule has 0 bridgehead atoms. The summed E-state index contributed by atoms with van der Waals surface area (Å²) in [5.41, 5.74) is 0. The molecule has 2 amide bonds. The van der Waals surface area contributed by atoms with Crippen LogP contribution in [0.25, 0.3) is 0 Å². The maximum Gasteiger partial charge on any atom is 0.452 e. The molecule has 3 rings (SSSR count). The van der Waals surface area contributed by atoms with Crippen molar-refractivity contribution in [3.8, 4) is 0 Å². The summed E-state index contributed by atoms with van der Waals surface area (Å²) in [6.07, 6.45) is -2.24. The molecule has 0 aliphatic heterocycles. The predicted octanol–water partition coefficient (Wildman–Crippen LogP) is 3.79. The molecule has 7 heteroatoms. The van der Waals surface area contributed by atoms with E-state index in [9.17, 15) is 9.59 Å². The molecule has 0 atom stereocenters. The molecule has 0 radical (unpaired) electrons. The van der Waals surface area contributed by atoms with Crippen LogP contribution in [-0.2, 0) is 9.16 Å². The first-order valence-corrected chi connectivity index (χ1v) is 11.4. The van der Waals surface area contributed by atoms with Crippen LogP contribution < -0.4 is 15.6 Å². The molecule has 30 heavy (non-hydrogen) atoms. The maximum atomic E-state index is 12.7. The summed E-state index contributed by atoms with van der Waals surface area (Å²) >= 11 is 0. The van der Waals surface area contributed by atoms with Crippen LogP contribution in [0, 0.1) is 0 Å². The van der Waals surface area contributed by atoms with Crippen LogP contribution in [0.1, 0.15) is 13.8 Å². The second-order valence-corrected chi connectivity index (χ2v) is 10.1. The van der Waals surface area contributed by atoms with Crippen molar-refractivity contribution in [2.24, 2.45) is 10.2 Å². The zero-order valence-corrected chi connectivity index (χ0v) is 17.8. The van der Waals surface area contributed by atoms with E-state index in [2.05, 4.69) is 10.2 Å².